The van der Waals surface area contributed by atoms with E-state index < -0.39 is 5.97 Å². The zero-order valence-corrected chi connectivity index (χ0v) is 9.29. The van der Waals surface area contributed by atoms with Crippen molar-refractivity contribution in [1.82, 2.24) is 0 Å². The number of aromatic carboxylic acids is 1. The number of hydrogen-bond acceptors (Lipinski definition) is 2. The molecule has 0 amide bonds. The molecule has 0 aliphatic carbocycles. The maximum atomic E-state index is 10.9. The first-order valence-electron chi connectivity index (χ1n) is 5.16. The minimum absolute atomic E-state index is 0.298. The van der Waals surface area contributed by atoms with Crippen LogP contribution in [-0.4, -0.2) is 17.6 Å². The summed E-state index contributed by atoms with van der Waals surface area (Å²) < 4.78 is 0. The predicted octanol–water partition coefficient (Wildman–Crippen LogP) is 2.52. The van der Waals surface area contributed by atoms with Crippen LogP contribution < -0.4 is 5.32 Å². The van der Waals surface area contributed by atoms with Crippen molar-refractivity contribution in [3.63, 3.8) is 0 Å². The van der Waals surface area contributed by atoms with E-state index in [0.717, 1.165) is 12.0 Å². The third-order valence-electron chi connectivity index (χ3n) is 2.22. The van der Waals surface area contributed by atoms with Crippen molar-refractivity contribution in [3.05, 3.63) is 29.3 Å². The van der Waals surface area contributed by atoms with E-state index in [9.17, 15) is 4.79 Å². The van der Waals surface area contributed by atoms with Gasteiger partial charge in [-0.05, 0) is 31.0 Å². The third-order valence-corrected chi connectivity index (χ3v) is 2.22. The topological polar surface area (TPSA) is 49.3 Å². The monoisotopic (exact) mass is 217 g/mol. The van der Waals surface area contributed by atoms with Gasteiger partial charge >= 0.3 is 5.97 Å². The fourth-order valence-corrected chi connectivity index (χ4v) is 1.40. The SMILES string of the molecule is C#CCCCNc1cc(C)ccc1C(=O)O. The van der Waals surface area contributed by atoms with Gasteiger partial charge in [-0.2, -0.15) is 0 Å². The molecule has 1 aromatic carbocycles. The Morgan fingerprint density at radius 3 is 2.94 bits per heavy atom. The summed E-state index contributed by atoms with van der Waals surface area (Å²) in [6.45, 7) is 2.62. The number of carbonyl (C=O) groups is 1. The number of carboxylic acids is 1. The van der Waals surface area contributed by atoms with Crippen molar-refractivity contribution in [2.24, 2.45) is 0 Å². The molecular weight excluding hydrogens is 202 g/mol. The van der Waals surface area contributed by atoms with Gasteiger partial charge in [-0.25, -0.2) is 4.79 Å². The van der Waals surface area contributed by atoms with E-state index in [-0.39, 0.29) is 0 Å². The number of hydrogen-bond donors (Lipinski definition) is 2. The van der Waals surface area contributed by atoms with Crippen LogP contribution in [0.1, 0.15) is 28.8 Å². The second kappa shape index (κ2) is 5.82. The highest BCUT2D eigenvalue weighted by molar-refractivity contribution is 5.94. The number of nitrogens with one attached hydrogen (secondary N) is 1. The lowest BCUT2D eigenvalue weighted by Gasteiger charge is -2.09. The van der Waals surface area contributed by atoms with Gasteiger partial charge in [0, 0.05) is 18.7 Å². The number of carboxylic acid groups (broad SMARTS) is 1. The summed E-state index contributed by atoms with van der Waals surface area (Å²) in [6.07, 6.45) is 6.67. The molecule has 0 aliphatic rings. The number of anilines is 1. The molecule has 0 unspecified atom stereocenters. The Bertz CT molecular complexity index is 418. The summed E-state index contributed by atoms with van der Waals surface area (Å²) in [5.74, 6) is 1.63. The molecule has 0 atom stereocenters. The van der Waals surface area contributed by atoms with Crippen LogP contribution in [0.5, 0.6) is 0 Å². The molecule has 0 aliphatic heterocycles. The van der Waals surface area contributed by atoms with Gasteiger partial charge in [-0.3, -0.25) is 0 Å². The Hall–Kier alpha value is -1.95. The van der Waals surface area contributed by atoms with Crippen LogP contribution in [0, 0.1) is 19.3 Å². The summed E-state index contributed by atoms with van der Waals surface area (Å²) in [5.41, 5.74) is 1.99. The van der Waals surface area contributed by atoms with Gasteiger partial charge < -0.3 is 10.4 Å². The molecule has 0 saturated heterocycles. The standard InChI is InChI=1S/C13H15NO2/c1-3-4-5-8-14-12-9-10(2)6-7-11(12)13(15)16/h1,6-7,9,14H,4-5,8H2,2H3,(H,15,16). The molecule has 16 heavy (non-hydrogen) atoms. The normalized spacial score (nSPS) is 9.50. The van der Waals surface area contributed by atoms with E-state index in [1.165, 1.54) is 0 Å². The van der Waals surface area contributed by atoms with Crippen LogP contribution in [0.15, 0.2) is 18.2 Å². The van der Waals surface area contributed by atoms with Gasteiger partial charge in [-0.15, -0.1) is 12.3 Å². The molecule has 3 nitrogen and oxygen atoms in total. The lowest BCUT2D eigenvalue weighted by Crippen LogP contribution is -2.07. The van der Waals surface area contributed by atoms with E-state index in [2.05, 4.69) is 11.2 Å². The minimum atomic E-state index is -0.917. The van der Waals surface area contributed by atoms with Crippen molar-refractivity contribution < 1.29 is 9.90 Å². The van der Waals surface area contributed by atoms with Gasteiger partial charge in [0.05, 0.1) is 5.56 Å². The van der Waals surface area contributed by atoms with Crippen molar-refractivity contribution >= 4 is 11.7 Å². The van der Waals surface area contributed by atoms with Crippen LogP contribution in [0.4, 0.5) is 5.69 Å². The summed E-state index contributed by atoms with van der Waals surface area (Å²) in [6, 6.07) is 5.23. The molecule has 0 aromatic heterocycles. The molecule has 0 radical (unpaired) electrons. The van der Waals surface area contributed by atoms with Crippen molar-refractivity contribution in [3.8, 4) is 12.3 Å². The van der Waals surface area contributed by atoms with E-state index in [1.54, 1.807) is 12.1 Å². The first-order chi connectivity index (χ1) is 7.65. The number of benzene rings is 1. The van der Waals surface area contributed by atoms with E-state index in [4.69, 9.17) is 11.5 Å². The lowest BCUT2D eigenvalue weighted by atomic mass is 10.1. The van der Waals surface area contributed by atoms with Gasteiger partial charge in [0.25, 0.3) is 0 Å². The van der Waals surface area contributed by atoms with Gasteiger partial charge in [0.1, 0.15) is 0 Å². The average molecular weight is 217 g/mol. The largest absolute Gasteiger partial charge is 0.478 e. The zero-order valence-electron chi connectivity index (χ0n) is 9.29. The van der Waals surface area contributed by atoms with Crippen LogP contribution in [0.3, 0.4) is 0 Å². The van der Waals surface area contributed by atoms with Gasteiger partial charge in [-0.1, -0.05) is 6.07 Å². The number of terminal acetylenes is 1. The maximum absolute atomic E-state index is 10.9. The number of unbranched alkanes of at least 4 members (excludes halogenated alkanes) is 1. The predicted molar refractivity (Wildman–Crippen MR) is 64.7 cm³/mol. The fraction of sp³-hybridized carbons (Fsp3) is 0.308. The Balaban J connectivity index is 2.73. The molecular formula is C13H15NO2. The maximum Gasteiger partial charge on any atom is 0.337 e. The average Bonchev–Trinajstić information content (AvgIpc) is 2.24. The molecule has 0 saturated carbocycles. The highest BCUT2D eigenvalue weighted by Crippen LogP contribution is 2.17. The molecule has 84 valence electrons. The molecule has 1 aromatic rings. The molecule has 0 bridgehead atoms. The number of aryl methyl sites for hydroxylation is 1. The lowest BCUT2D eigenvalue weighted by molar-refractivity contribution is 0.0698. The zero-order chi connectivity index (χ0) is 12.0. The summed E-state index contributed by atoms with van der Waals surface area (Å²) in [4.78, 5) is 10.9. The van der Waals surface area contributed by atoms with E-state index in [0.29, 0.717) is 24.2 Å². The molecule has 0 fully saturated rings. The summed E-state index contributed by atoms with van der Waals surface area (Å²) in [7, 11) is 0. The molecule has 0 spiro atoms. The summed E-state index contributed by atoms with van der Waals surface area (Å²) in [5, 5.41) is 12.1. The highest BCUT2D eigenvalue weighted by atomic mass is 16.4. The van der Waals surface area contributed by atoms with Crippen molar-refractivity contribution in [2.45, 2.75) is 19.8 Å². The third kappa shape index (κ3) is 3.32. The van der Waals surface area contributed by atoms with E-state index >= 15 is 0 Å². The highest BCUT2D eigenvalue weighted by Gasteiger charge is 2.08. The Kier molecular flexibility index (Phi) is 4.41. The smallest absolute Gasteiger partial charge is 0.337 e. The van der Waals surface area contributed by atoms with Crippen LogP contribution in [0.25, 0.3) is 0 Å². The Morgan fingerprint density at radius 2 is 2.31 bits per heavy atom. The first kappa shape index (κ1) is 12.1. The summed E-state index contributed by atoms with van der Waals surface area (Å²) >= 11 is 0. The van der Waals surface area contributed by atoms with Crippen molar-refractivity contribution in [1.29, 1.82) is 0 Å². The second-order valence-electron chi connectivity index (χ2n) is 3.59. The van der Waals surface area contributed by atoms with Crippen molar-refractivity contribution in [2.75, 3.05) is 11.9 Å². The number of rotatable bonds is 5. The van der Waals surface area contributed by atoms with Crippen LogP contribution >= 0.6 is 0 Å². The van der Waals surface area contributed by atoms with E-state index in [1.807, 2.05) is 13.0 Å². The minimum Gasteiger partial charge on any atom is -0.478 e. The van der Waals surface area contributed by atoms with Crippen LogP contribution in [0.2, 0.25) is 0 Å². The molecule has 1 rings (SSSR count). The Morgan fingerprint density at radius 1 is 1.56 bits per heavy atom. The van der Waals surface area contributed by atoms with Gasteiger partial charge in [0.15, 0.2) is 0 Å². The fourth-order valence-electron chi connectivity index (χ4n) is 1.40. The Labute approximate surface area is 95.5 Å². The quantitative estimate of drug-likeness (QED) is 0.588. The van der Waals surface area contributed by atoms with Gasteiger partial charge in [0.2, 0.25) is 0 Å². The van der Waals surface area contributed by atoms with Crippen LogP contribution in [-0.2, 0) is 0 Å². The first-order valence-corrected chi connectivity index (χ1v) is 5.16. The second-order valence-corrected chi connectivity index (χ2v) is 3.59. The molecule has 0 heterocycles. The molecule has 3 heteroatoms. The molecule has 2 N–H and O–H groups in total.